The number of benzene rings is 1. The van der Waals surface area contributed by atoms with Gasteiger partial charge < -0.3 is 19.5 Å². The molecule has 3 heterocycles. The smallest absolute Gasteiger partial charge is 0.434 e. The average molecular weight is 465 g/mol. The van der Waals surface area contributed by atoms with E-state index in [1.54, 1.807) is 36.5 Å². The molecule has 3 aromatic heterocycles. The molecule has 0 spiro atoms. The highest BCUT2D eigenvalue weighted by atomic mass is 35.5. The minimum absolute atomic E-state index is 0.105. The Labute approximate surface area is 183 Å². The van der Waals surface area contributed by atoms with Crippen LogP contribution in [-0.4, -0.2) is 21.1 Å². The first-order chi connectivity index (χ1) is 14.4. The maximum atomic E-state index is 12.7. The van der Waals surface area contributed by atoms with E-state index in [0.29, 0.717) is 34.3 Å². The average Bonchev–Trinajstić information content (AvgIpc) is 3.46. The first-order valence-electron chi connectivity index (χ1n) is 8.62. The molecular formula is C19H14Cl2N4O4S. The summed E-state index contributed by atoms with van der Waals surface area (Å²) in [4.78, 5) is 27.9. The van der Waals surface area contributed by atoms with Crippen molar-refractivity contribution in [2.75, 3.05) is 5.32 Å². The normalized spacial score (nSPS) is 10.9. The molecule has 1 amide bonds. The van der Waals surface area contributed by atoms with E-state index < -0.39 is 11.7 Å². The third-order valence-electron chi connectivity index (χ3n) is 4.15. The fourth-order valence-corrected chi connectivity index (χ4v) is 3.72. The number of nitrogens with zero attached hydrogens (tertiary/aromatic N) is 1. The van der Waals surface area contributed by atoms with Crippen LogP contribution in [0.4, 0.5) is 5.69 Å². The molecule has 0 fully saturated rings. The van der Waals surface area contributed by atoms with Crippen LogP contribution in [0.2, 0.25) is 10.0 Å². The highest BCUT2D eigenvalue weighted by Gasteiger charge is 2.20. The zero-order valence-electron chi connectivity index (χ0n) is 15.4. The number of carbonyl (C=O) groups is 1. The second-order valence-corrected chi connectivity index (χ2v) is 7.99. The number of carbonyl (C=O) groups excluding carboxylic acids is 1. The van der Waals surface area contributed by atoms with Gasteiger partial charge in [0.1, 0.15) is 18.1 Å². The lowest BCUT2D eigenvalue weighted by Gasteiger charge is -2.13. The number of nitrogens with one attached hydrogen (secondary N) is 3. The molecule has 0 saturated carbocycles. The van der Waals surface area contributed by atoms with E-state index in [-0.39, 0.29) is 16.6 Å². The quantitative estimate of drug-likeness (QED) is 0.376. The first-order valence-corrected chi connectivity index (χ1v) is 10.3. The van der Waals surface area contributed by atoms with E-state index in [1.165, 1.54) is 0 Å². The number of aromatic amines is 2. The molecule has 4 rings (SSSR count). The fraction of sp³-hybridized carbons (Fsp3) is 0.105. The maximum Gasteiger partial charge on any atom is 0.434 e. The van der Waals surface area contributed by atoms with Gasteiger partial charge in [0.25, 0.3) is 5.91 Å². The summed E-state index contributed by atoms with van der Waals surface area (Å²) in [5, 5.41) is 11.2. The number of ether oxygens (including phenoxy) is 1. The van der Waals surface area contributed by atoms with Crippen LogP contribution in [0.15, 0.2) is 44.9 Å². The predicted molar refractivity (Wildman–Crippen MR) is 115 cm³/mol. The highest BCUT2D eigenvalue weighted by Crippen LogP contribution is 2.33. The van der Waals surface area contributed by atoms with Gasteiger partial charge in [-0.1, -0.05) is 29.3 Å². The topological polar surface area (TPSA) is 113 Å². The Morgan fingerprint density at radius 2 is 2.13 bits per heavy atom. The van der Waals surface area contributed by atoms with E-state index in [4.69, 9.17) is 32.4 Å². The summed E-state index contributed by atoms with van der Waals surface area (Å²) >= 11 is 13.7. The molecule has 154 valence electrons. The van der Waals surface area contributed by atoms with Crippen molar-refractivity contribution in [3.8, 4) is 17.2 Å². The van der Waals surface area contributed by atoms with Crippen LogP contribution in [0.3, 0.4) is 0 Å². The lowest BCUT2D eigenvalue weighted by Crippen LogP contribution is -2.14. The molecule has 0 atom stereocenters. The zero-order valence-corrected chi connectivity index (χ0v) is 17.7. The Morgan fingerprint density at radius 3 is 2.77 bits per heavy atom. The van der Waals surface area contributed by atoms with Crippen LogP contribution in [0.5, 0.6) is 5.75 Å². The molecule has 1 aromatic carbocycles. The molecule has 0 unspecified atom stereocenters. The molecule has 8 nitrogen and oxygen atoms in total. The molecule has 11 heteroatoms. The number of halogens is 2. The Bertz CT molecular complexity index is 1260. The number of aryl methyl sites for hydroxylation is 1. The minimum Gasteiger partial charge on any atom is -0.486 e. The van der Waals surface area contributed by atoms with Gasteiger partial charge in [-0.2, -0.15) is 0 Å². The summed E-state index contributed by atoms with van der Waals surface area (Å²) in [6.45, 7) is 2.01. The summed E-state index contributed by atoms with van der Waals surface area (Å²) in [6.07, 6.45) is 0. The van der Waals surface area contributed by atoms with Gasteiger partial charge in [-0.25, -0.2) is 9.89 Å². The van der Waals surface area contributed by atoms with E-state index in [9.17, 15) is 9.59 Å². The van der Waals surface area contributed by atoms with Crippen molar-refractivity contribution in [2.24, 2.45) is 0 Å². The second kappa shape index (κ2) is 8.39. The number of anilines is 1. The maximum absolute atomic E-state index is 12.7. The van der Waals surface area contributed by atoms with E-state index in [2.05, 4.69) is 20.5 Å². The van der Waals surface area contributed by atoms with Crippen molar-refractivity contribution in [1.29, 1.82) is 0 Å². The van der Waals surface area contributed by atoms with Crippen molar-refractivity contribution in [3.63, 3.8) is 0 Å². The Hall–Kier alpha value is -3.01. The molecule has 0 aliphatic rings. The lowest BCUT2D eigenvalue weighted by atomic mass is 10.2. The SMILES string of the molecule is Cc1[nH]c(C(=O)Nc2ccc(-c3n[nH]c(=O)o3)cc2OCc2cccs2)c(Cl)c1Cl. The van der Waals surface area contributed by atoms with E-state index in [1.807, 2.05) is 17.5 Å². The number of thiophene rings is 1. The van der Waals surface area contributed by atoms with Crippen LogP contribution < -0.4 is 15.8 Å². The molecule has 30 heavy (non-hydrogen) atoms. The van der Waals surface area contributed by atoms with Crippen LogP contribution in [0, 0.1) is 6.92 Å². The summed E-state index contributed by atoms with van der Waals surface area (Å²) in [5.41, 5.74) is 1.64. The summed E-state index contributed by atoms with van der Waals surface area (Å²) in [7, 11) is 0. The molecule has 4 aromatic rings. The number of amides is 1. The molecule has 0 bridgehead atoms. The molecule has 0 radical (unpaired) electrons. The van der Waals surface area contributed by atoms with Gasteiger partial charge in [0.2, 0.25) is 5.89 Å². The van der Waals surface area contributed by atoms with E-state index in [0.717, 1.165) is 4.88 Å². The monoisotopic (exact) mass is 464 g/mol. The van der Waals surface area contributed by atoms with Gasteiger partial charge >= 0.3 is 5.76 Å². The summed E-state index contributed by atoms with van der Waals surface area (Å²) in [5.74, 6) is -0.675. The highest BCUT2D eigenvalue weighted by molar-refractivity contribution is 7.09. The summed E-state index contributed by atoms with van der Waals surface area (Å²) < 4.78 is 10.9. The van der Waals surface area contributed by atoms with Gasteiger partial charge in [0.15, 0.2) is 0 Å². The van der Waals surface area contributed by atoms with Gasteiger partial charge in [-0.05, 0) is 36.6 Å². The van der Waals surface area contributed by atoms with Crippen molar-refractivity contribution in [3.05, 3.63) is 72.6 Å². The number of hydrogen-bond acceptors (Lipinski definition) is 6. The van der Waals surface area contributed by atoms with Crippen molar-refractivity contribution < 1.29 is 13.9 Å². The number of rotatable bonds is 6. The predicted octanol–water partition coefficient (Wildman–Crippen LogP) is 4.87. The molecule has 3 N–H and O–H groups in total. The fourth-order valence-electron chi connectivity index (χ4n) is 2.69. The molecule has 0 saturated heterocycles. The van der Waals surface area contributed by atoms with Crippen LogP contribution in [0.25, 0.3) is 11.5 Å². The Morgan fingerprint density at radius 1 is 1.30 bits per heavy atom. The second-order valence-electron chi connectivity index (χ2n) is 6.20. The van der Waals surface area contributed by atoms with E-state index >= 15 is 0 Å². The third-order valence-corrected chi connectivity index (χ3v) is 5.94. The van der Waals surface area contributed by atoms with Gasteiger partial charge in [-0.3, -0.25) is 4.79 Å². The zero-order chi connectivity index (χ0) is 21.3. The van der Waals surface area contributed by atoms with Gasteiger partial charge in [0, 0.05) is 16.1 Å². The standard InChI is InChI=1S/C19H14Cl2N4O4S/c1-9-14(20)15(21)16(22-9)17(26)23-12-5-4-10(18-24-25-19(27)29-18)7-13(12)28-8-11-3-2-6-30-11/h2-7,22H,8H2,1H3,(H,23,26)(H,25,27). The van der Waals surface area contributed by atoms with Crippen LogP contribution >= 0.6 is 34.5 Å². The van der Waals surface area contributed by atoms with Crippen molar-refractivity contribution >= 4 is 46.1 Å². The number of H-pyrrole nitrogens is 2. The van der Waals surface area contributed by atoms with Gasteiger partial charge in [0.05, 0.1) is 15.7 Å². The lowest BCUT2D eigenvalue weighted by molar-refractivity contribution is 0.102. The Kier molecular flexibility index (Phi) is 5.67. The number of hydrogen-bond donors (Lipinski definition) is 3. The van der Waals surface area contributed by atoms with Crippen LogP contribution in [0.1, 0.15) is 21.1 Å². The summed E-state index contributed by atoms with van der Waals surface area (Å²) in [6, 6.07) is 8.73. The number of aromatic nitrogens is 3. The molecule has 0 aliphatic carbocycles. The van der Waals surface area contributed by atoms with Crippen molar-refractivity contribution in [1.82, 2.24) is 15.2 Å². The molecular weight excluding hydrogens is 451 g/mol. The first kappa shape index (κ1) is 20.3. The van der Waals surface area contributed by atoms with Crippen molar-refractivity contribution in [2.45, 2.75) is 13.5 Å². The Balaban J connectivity index is 1.65. The largest absolute Gasteiger partial charge is 0.486 e. The van der Waals surface area contributed by atoms with Crippen LogP contribution in [-0.2, 0) is 6.61 Å². The van der Waals surface area contributed by atoms with Gasteiger partial charge in [-0.15, -0.1) is 16.4 Å². The molecule has 0 aliphatic heterocycles. The third kappa shape index (κ3) is 4.13. The minimum atomic E-state index is -0.669.